The standard InChI is InChI=1S/C17H30N2O2S/c1-6-7-9-19-12-17(4,5)22-15(19)18-14(20)13-8-10-21-16(2,3)11-13/h13H,6-12H2,1-5H3. The Labute approximate surface area is 139 Å². The van der Waals surface area contributed by atoms with Crippen molar-refractivity contribution in [1.29, 1.82) is 0 Å². The maximum absolute atomic E-state index is 12.6. The van der Waals surface area contributed by atoms with E-state index in [1.165, 1.54) is 0 Å². The van der Waals surface area contributed by atoms with E-state index >= 15 is 0 Å². The zero-order valence-electron chi connectivity index (χ0n) is 14.6. The molecular formula is C17H30N2O2S. The Morgan fingerprint density at radius 2 is 2.14 bits per heavy atom. The fourth-order valence-corrected chi connectivity index (χ4v) is 4.25. The van der Waals surface area contributed by atoms with E-state index in [1.807, 2.05) is 0 Å². The van der Waals surface area contributed by atoms with Crippen molar-refractivity contribution in [2.24, 2.45) is 10.9 Å². The zero-order chi connectivity index (χ0) is 16.4. The molecule has 2 saturated heterocycles. The minimum atomic E-state index is -0.206. The van der Waals surface area contributed by atoms with Crippen LogP contribution < -0.4 is 0 Å². The molecule has 0 aromatic carbocycles. The second kappa shape index (κ2) is 6.91. The third-order valence-electron chi connectivity index (χ3n) is 4.24. The van der Waals surface area contributed by atoms with Gasteiger partial charge in [0.25, 0.3) is 5.91 Å². The summed E-state index contributed by atoms with van der Waals surface area (Å²) in [4.78, 5) is 19.4. The van der Waals surface area contributed by atoms with Crippen LogP contribution in [0.1, 0.15) is 60.3 Å². The number of hydrogen-bond acceptors (Lipinski definition) is 3. The second-order valence-electron chi connectivity index (χ2n) is 7.67. The molecular weight excluding hydrogens is 296 g/mol. The maximum atomic E-state index is 12.6. The molecule has 1 amide bonds. The van der Waals surface area contributed by atoms with Crippen LogP contribution in [0, 0.1) is 5.92 Å². The Hall–Kier alpha value is -0.550. The molecule has 2 heterocycles. The first-order chi connectivity index (χ1) is 10.2. The Balaban J connectivity index is 2.06. The molecule has 0 radical (unpaired) electrons. The van der Waals surface area contributed by atoms with Crippen molar-refractivity contribution in [2.45, 2.75) is 70.7 Å². The lowest BCUT2D eigenvalue weighted by molar-refractivity contribution is -0.131. The summed E-state index contributed by atoms with van der Waals surface area (Å²) in [5.41, 5.74) is -0.206. The molecule has 1 atom stereocenters. The number of carbonyl (C=O) groups is 1. The van der Waals surface area contributed by atoms with E-state index in [0.717, 1.165) is 43.9 Å². The molecule has 22 heavy (non-hydrogen) atoms. The lowest BCUT2D eigenvalue weighted by Crippen LogP contribution is -2.37. The van der Waals surface area contributed by atoms with E-state index in [9.17, 15) is 4.79 Å². The van der Waals surface area contributed by atoms with Crippen LogP contribution in [0.5, 0.6) is 0 Å². The van der Waals surface area contributed by atoms with Gasteiger partial charge in [0.1, 0.15) is 0 Å². The third-order valence-corrected chi connectivity index (χ3v) is 5.46. The number of unbranched alkanes of at least 4 members (excludes halogenated alkanes) is 1. The van der Waals surface area contributed by atoms with Crippen molar-refractivity contribution >= 4 is 22.8 Å². The highest BCUT2D eigenvalue weighted by Crippen LogP contribution is 2.36. The highest BCUT2D eigenvalue weighted by Gasteiger charge is 2.37. The Morgan fingerprint density at radius 3 is 2.77 bits per heavy atom. The Morgan fingerprint density at radius 1 is 1.41 bits per heavy atom. The van der Waals surface area contributed by atoms with Crippen molar-refractivity contribution < 1.29 is 9.53 Å². The highest BCUT2D eigenvalue weighted by molar-refractivity contribution is 8.15. The summed E-state index contributed by atoms with van der Waals surface area (Å²) in [5, 5.41) is 0.924. The van der Waals surface area contributed by atoms with Crippen LogP contribution in [0.3, 0.4) is 0 Å². The topological polar surface area (TPSA) is 41.9 Å². The van der Waals surface area contributed by atoms with Crippen LogP contribution >= 0.6 is 11.8 Å². The van der Waals surface area contributed by atoms with Gasteiger partial charge in [-0.3, -0.25) is 4.79 Å². The maximum Gasteiger partial charge on any atom is 0.251 e. The number of carbonyl (C=O) groups excluding carboxylic acids is 1. The molecule has 0 bridgehead atoms. The SMILES string of the molecule is CCCCN1CC(C)(C)SC1=NC(=O)C1CCOC(C)(C)C1. The van der Waals surface area contributed by atoms with Gasteiger partial charge in [-0.1, -0.05) is 25.1 Å². The first-order valence-corrected chi connectivity index (χ1v) is 9.24. The van der Waals surface area contributed by atoms with E-state index in [-0.39, 0.29) is 22.2 Å². The van der Waals surface area contributed by atoms with Crippen molar-refractivity contribution in [1.82, 2.24) is 4.90 Å². The van der Waals surface area contributed by atoms with Crippen LogP contribution in [-0.2, 0) is 9.53 Å². The van der Waals surface area contributed by atoms with Gasteiger partial charge in [0.2, 0.25) is 0 Å². The third kappa shape index (κ3) is 4.72. The average molecular weight is 327 g/mol. The predicted octanol–water partition coefficient (Wildman–Crippen LogP) is 3.70. The number of ether oxygens (including phenoxy) is 1. The minimum Gasteiger partial charge on any atom is -0.376 e. The van der Waals surface area contributed by atoms with Gasteiger partial charge >= 0.3 is 0 Å². The van der Waals surface area contributed by atoms with Crippen molar-refractivity contribution in [3.8, 4) is 0 Å². The van der Waals surface area contributed by atoms with Gasteiger partial charge in [-0.25, -0.2) is 0 Å². The Bertz CT molecular complexity index is 446. The van der Waals surface area contributed by atoms with Crippen molar-refractivity contribution in [3.05, 3.63) is 0 Å². The molecule has 0 saturated carbocycles. The predicted molar refractivity (Wildman–Crippen MR) is 93.3 cm³/mol. The van der Waals surface area contributed by atoms with Gasteiger partial charge in [0, 0.05) is 30.4 Å². The number of amidine groups is 1. The first-order valence-electron chi connectivity index (χ1n) is 8.43. The molecule has 5 heteroatoms. The molecule has 0 spiro atoms. The Kier molecular flexibility index (Phi) is 5.59. The van der Waals surface area contributed by atoms with Gasteiger partial charge in [-0.05, 0) is 47.0 Å². The molecule has 2 rings (SSSR count). The summed E-state index contributed by atoms with van der Waals surface area (Å²) in [6, 6.07) is 0. The van der Waals surface area contributed by atoms with Gasteiger partial charge in [-0.15, -0.1) is 0 Å². The molecule has 1 unspecified atom stereocenters. The van der Waals surface area contributed by atoms with Crippen molar-refractivity contribution in [3.63, 3.8) is 0 Å². The summed E-state index contributed by atoms with van der Waals surface area (Å²) in [5.74, 6) is 0.0478. The number of nitrogens with zero attached hydrogens (tertiary/aromatic N) is 2. The van der Waals surface area contributed by atoms with Crippen LogP contribution in [0.2, 0.25) is 0 Å². The molecule has 2 fully saturated rings. The quantitative estimate of drug-likeness (QED) is 0.790. The largest absolute Gasteiger partial charge is 0.376 e. The minimum absolute atomic E-state index is 0.00795. The molecule has 0 aromatic rings. The van der Waals surface area contributed by atoms with Gasteiger partial charge in [-0.2, -0.15) is 4.99 Å². The molecule has 2 aliphatic rings. The van der Waals surface area contributed by atoms with Crippen molar-refractivity contribution in [2.75, 3.05) is 19.7 Å². The summed E-state index contributed by atoms with van der Waals surface area (Å²) in [6.45, 7) is 13.4. The number of amides is 1. The fraction of sp³-hybridized carbons (Fsp3) is 0.882. The first kappa shape index (κ1) is 17.8. The number of rotatable bonds is 4. The fourth-order valence-electron chi connectivity index (χ4n) is 3.12. The number of thioether (sulfide) groups is 1. The highest BCUT2D eigenvalue weighted by atomic mass is 32.2. The number of aliphatic imine (C=N–C) groups is 1. The summed E-state index contributed by atoms with van der Waals surface area (Å²) in [7, 11) is 0. The van der Waals surface area contributed by atoms with Gasteiger partial charge in [0.15, 0.2) is 5.17 Å². The molecule has 4 nitrogen and oxygen atoms in total. The smallest absolute Gasteiger partial charge is 0.251 e. The summed E-state index contributed by atoms with van der Waals surface area (Å²) >= 11 is 1.74. The molecule has 2 aliphatic heterocycles. The van der Waals surface area contributed by atoms with E-state index < -0.39 is 0 Å². The molecule has 0 aliphatic carbocycles. The van der Waals surface area contributed by atoms with E-state index in [2.05, 4.69) is 44.5 Å². The van der Waals surface area contributed by atoms with Gasteiger partial charge in [0.05, 0.1) is 5.60 Å². The van der Waals surface area contributed by atoms with Crippen LogP contribution in [0.4, 0.5) is 0 Å². The zero-order valence-corrected chi connectivity index (χ0v) is 15.5. The molecule has 126 valence electrons. The second-order valence-corrected chi connectivity index (χ2v) is 9.34. The number of hydrogen-bond donors (Lipinski definition) is 0. The van der Waals surface area contributed by atoms with E-state index in [0.29, 0.717) is 6.61 Å². The average Bonchev–Trinajstić information content (AvgIpc) is 2.69. The van der Waals surface area contributed by atoms with Crippen LogP contribution in [0.15, 0.2) is 4.99 Å². The molecule has 0 aromatic heterocycles. The van der Waals surface area contributed by atoms with E-state index in [1.54, 1.807) is 11.8 Å². The molecule has 0 N–H and O–H groups in total. The monoisotopic (exact) mass is 326 g/mol. The lowest BCUT2D eigenvalue weighted by atomic mass is 9.88. The normalized spacial score (nSPS) is 29.0. The van der Waals surface area contributed by atoms with Crippen LogP contribution in [-0.4, -0.2) is 46.0 Å². The van der Waals surface area contributed by atoms with Crippen LogP contribution in [0.25, 0.3) is 0 Å². The summed E-state index contributed by atoms with van der Waals surface area (Å²) < 4.78 is 5.85. The van der Waals surface area contributed by atoms with E-state index in [4.69, 9.17) is 4.74 Å². The van der Waals surface area contributed by atoms with Gasteiger partial charge < -0.3 is 9.64 Å². The summed E-state index contributed by atoms with van der Waals surface area (Å²) in [6.07, 6.45) is 3.87. The lowest BCUT2D eigenvalue weighted by Gasteiger charge is -2.34.